The van der Waals surface area contributed by atoms with Gasteiger partial charge in [0.2, 0.25) is 0 Å². The van der Waals surface area contributed by atoms with Crippen LogP contribution in [0.15, 0.2) is 17.7 Å². The second kappa shape index (κ2) is 11.9. The molecule has 1 radical (unpaired) electrons. The molecule has 0 atom stereocenters. The van der Waals surface area contributed by atoms with Crippen LogP contribution in [0.2, 0.25) is 0 Å². The first kappa shape index (κ1) is 18.7. The molecule has 0 unspecified atom stereocenters. The van der Waals surface area contributed by atoms with Crippen molar-refractivity contribution in [1.29, 1.82) is 0 Å². The molecule has 0 aromatic rings. The van der Waals surface area contributed by atoms with Crippen molar-refractivity contribution in [2.75, 3.05) is 0 Å². The third-order valence-electron chi connectivity index (χ3n) is 1.57. The van der Waals surface area contributed by atoms with E-state index in [1.165, 1.54) is 24.8 Å². The summed E-state index contributed by atoms with van der Waals surface area (Å²) < 4.78 is 0. The Hall–Kier alpha value is 0.943. The molecule has 0 N–H and O–H groups in total. The Bertz CT molecular complexity index is 141. The number of rotatable bonds is 3. The third-order valence-corrected chi connectivity index (χ3v) is 1.57. The van der Waals surface area contributed by atoms with E-state index in [4.69, 9.17) is 0 Å². The zero-order chi connectivity index (χ0) is 6.53. The predicted octanol–water partition coefficient (Wildman–Crippen LogP) is -3.13. The van der Waals surface area contributed by atoms with Crippen LogP contribution in [0.25, 0.3) is 0 Å². The Morgan fingerprint density at radius 1 is 1.42 bits per heavy atom. The van der Waals surface area contributed by atoms with Crippen molar-refractivity contribution in [1.82, 2.24) is 0 Å². The molecule has 0 aromatic carbocycles. The van der Waals surface area contributed by atoms with E-state index < -0.39 is 0 Å². The molecule has 0 bridgehead atoms. The zero-order valence-electron chi connectivity index (χ0n) is 7.24. The summed E-state index contributed by atoms with van der Waals surface area (Å²) in [4.78, 5) is 0. The molecule has 0 saturated heterocycles. The topological polar surface area (TPSA) is 0 Å². The van der Waals surface area contributed by atoms with E-state index in [9.17, 15) is 0 Å². The molecule has 0 saturated carbocycles. The summed E-state index contributed by atoms with van der Waals surface area (Å²) in [7, 11) is 0. The molecule has 0 aliphatic heterocycles. The second-order valence-electron chi connectivity index (χ2n) is 2.41. The number of unbranched alkanes of at least 4 members (excludes halogenated alkanes) is 1. The van der Waals surface area contributed by atoms with Gasteiger partial charge in [0.25, 0.3) is 0 Å². The number of hydrogen-bond acceptors (Lipinski definition) is 0. The monoisotopic (exact) mass is 281 g/mol. The van der Waals surface area contributed by atoms with Gasteiger partial charge in [-0.05, 0) is 0 Å². The van der Waals surface area contributed by atoms with Crippen LogP contribution in [0.1, 0.15) is 32.6 Å². The normalized spacial score (nSPS) is 12.2. The van der Waals surface area contributed by atoms with Crippen LogP contribution in [0, 0.1) is 6.08 Å². The number of hydrogen-bond donors (Lipinski definition) is 0. The summed E-state index contributed by atoms with van der Waals surface area (Å²) in [6, 6.07) is 0. The van der Waals surface area contributed by atoms with Gasteiger partial charge in [0, 0.05) is 0 Å². The fourth-order valence-electron chi connectivity index (χ4n) is 0.989. The number of allylic oxidation sites excluding steroid dienone is 4. The van der Waals surface area contributed by atoms with Crippen LogP contribution >= 0.6 is 0 Å². The maximum Gasteiger partial charge on any atom is 3.00 e. The Morgan fingerprint density at radius 2 is 2.08 bits per heavy atom. The number of halogens is 2. The van der Waals surface area contributed by atoms with Crippen LogP contribution < -0.4 is 24.8 Å². The molecule has 0 aromatic heterocycles. The van der Waals surface area contributed by atoms with Crippen molar-refractivity contribution in [2.24, 2.45) is 0 Å². The van der Waals surface area contributed by atoms with Gasteiger partial charge in [0.1, 0.15) is 0 Å². The molecule has 0 amide bonds. The largest absolute Gasteiger partial charge is 3.00 e. The second-order valence-corrected chi connectivity index (χ2v) is 2.41. The molecule has 12 heavy (non-hydrogen) atoms. The molecular formula is C9H13Cl2Zr. The quantitative estimate of drug-likeness (QED) is 0.481. The SMILES string of the molecule is CCCCC1=[C-]CC=C1.[Cl-].[Cl-].[Zr+3]. The van der Waals surface area contributed by atoms with Crippen LogP contribution in [0.4, 0.5) is 0 Å². The van der Waals surface area contributed by atoms with Crippen molar-refractivity contribution in [3.8, 4) is 0 Å². The molecule has 0 nitrogen and oxygen atoms in total. The average molecular weight is 283 g/mol. The van der Waals surface area contributed by atoms with E-state index in [2.05, 4.69) is 25.2 Å². The van der Waals surface area contributed by atoms with Gasteiger partial charge in [-0.2, -0.15) is 6.08 Å². The predicted molar refractivity (Wildman–Crippen MR) is 40.0 cm³/mol. The van der Waals surface area contributed by atoms with Gasteiger partial charge in [0.05, 0.1) is 0 Å². The van der Waals surface area contributed by atoms with Gasteiger partial charge in [-0.25, -0.2) is 11.6 Å². The molecule has 0 heterocycles. The van der Waals surface area contributed by atoms with Gasteiger partial charge in [-0.15, -0.1) is 6.42 Å². The molecule has 67 valence electrons. The fraction of sp³-hybridized carbons (Fsp3) is 0.556. The Kier molecular flexibility index (Phi) is 18.6. The molecule has 3 heteroatoms. The van der Waals surface area contributed by atoms with E-state index in [0.29, 0.717) is 0 Å². The summed E-state index contributed by atoms with van der Waals surface area (Å²) in [5.41, 5.74) is 1.41. The molecule has 1 aliphatic rings. The standard InChI is InChI=1S/C9H13.2ClH.Zr/c1-2-3-6-9-7-4-5-8-9;;;/h4,7H,2-3,5-6H2,1H3;2*1H;/q-1;;;+3/p-2. The van der Waals surface area contributed by atoms with Crippen LogP contribution in [-0.2, 0) is 26.2 Å². The minimum Gasteiger partial charge on any atom is -1.00 e. The Morgan fingerprint density at radius 3 is 2.50 bits per heavy atom. The van der Waals surface area contributed by atoms with Crippen molar-refractivity contribution in [2.45, 2.75) is 32.6 Å². The maximum absolute atomic E-state index is 3.30. The van der Waals surface area contributed by atoms with E-state index in [0.717, 1.165) is 6.42 Å². The van der Waals surface area contributed by atoms with Crippen molar-refractivity contribution < 1.29 is 51.0 Å². The average Bonchev–Trinajstić information content (AvgIpc) is 2.34. The van der Waals surface area contributed by atoms with Crippen molar-refractivity contribution >= 4 is 0 Å². The van der Waals surface area contributed by atoms with Gasteiger partial charge < -0.3 is 24.8 Å². The summed E-state index contributed by atoms with van der Waals surface area (Å²) in [5.74, 6) is 0. The minimum atomic E-state index is 0. The molecule has 0 spiro atoms. The molecule has 1 aliphatic carbocycles. The van der Waals surface area contributed by atoms with Gasteiger partial charge >= 0.3 is 26.2 Å². The molecule has 0 fully saturated rings. The third kappa shape index (κ3) is 7.58. The van der Waals surface area contributed by atoms with E-state index >= 15 is 0 Å². The van der Waals surface area contributed by atoms with E-state index in [-0.39, 0.29) is 51.0 Å². The molecular weight excluding hydrogens is 270 g/mol. The summed E-state index contributed by atoms with van der Waals surface area (Å²) >= 11 is 0. The summed E-state index contributed by atoms with van der Waals surface area (Å²) in [5, 5.41) is 0. The van der Waals surface area contributed by atoms with Gasteiger partial charge in [-0.3, -0.25) is 6.08 Å². The minimum absolute atomic E-state index is 0. The van der Waals surface area contributed by atoms with Gasteiger partial charge in [0.15, 0.2) is 0 Å². The van der Waals surface area contributed by atoms with Crippen LogP contribution in [0.3, 0.4) is 0 Å². The van der Waals surface area contributed by atoms with Crippen LogP contribution in [0.5, 0.6) is 0 Å². The Balaban J connectivity index is -0.000000270. The van der Waals surface area contributed by atoms with Crippen LogP contribution in [-0.4, -0.2) is 0 Å². The molecule has 1 rings (SSSR count). The van der Waals surface area contributed by atoms with Crippen molar-refractivity contribution in [3.63, 3.8) is 0 Å². The fourth-order valence-corrected chi connectivity index (χ4v) is 0.989. The maximum atomic E-state index is 3.30. The van der Waals surface area contributed by atoms with Gasteiger partial charge in [-0.1, -0.05) is 26.2 Å². The first-order valence-corrected chi connectivity index (χ1v) is 3.69. The van der Waals surface area contributed by atoms with E-state index in [1.54, 1.807) is 0 Å². The first-order valence-electron chi connectivity index (χ1n) is 3.69. The smallest absolute Gasteiger partial charge is 1.00 e. The van der Waals surface area contributed by atoms with Crippen molar-refractivity contribution in [3.05, 3.63) is 23.8 Å². The first-order chi connectivity index (χ1) is 4.43. The zero-order valence-corrected chi connectivity index (χ0v) is 11.2. The Labute approximate surface area is 107 Å². The summed E-state index contributed by atoms with van der Waals surface area (Å²) in [6.07, 6.45) is 12.5. The van der Waals surface area contributed by atoms with E-state index in [1.807, 2.05) is 0 Å². The summed E-state index contributed by atoms with van der Waals surface area (Å²) in [6.45, 7) is 2.22.